The van der Waals surface area contributed by atoms with Crippen LogP contribution in [-0.4, -0.2) is 30.8 Å². The van der Waals surface area contributed by atoms with E-state index in [0.29, 0.717) is 0 Å². The van der Waals surface area contributed by atoms with E-state index < -0.39 is 17.7 Å². The lowest BCUT2D eigenvalue weighted by atomic mass is 10.0. The number of carbonyl (C=O) groups excluding carboxylic acids is 3. The van der Waals surface area contributed by atoms with Gasteiger partial charge in [-0.15, -0.1) is 0 Å². The summed E-state index contributed by atoms with van der Waals surface area (Å²) in [6, 6.07) is 0. The van der Waals surface area contributed by atoms with Gasteiger partial charge in [0.1, 0.15) is 6.54 Å². The molecule has 0 unspecified atom stereocenters. The Morgan fingerprint density at radius 3 is 1.68 bits per heavy atom. The van der Waals surface area contributed by atoms with E-state index in [9.17, 15) is 14.4 Å². The molecule has 0 aliphatic rings. The molecule has 1 amide bonds. The highest BCUT2D eigenvalue weighted by atomic mass is 16.5. The highest BCUT2D eigenvalue weighted by Gasteiger charge is 2.14. The molecule has 0 radical (unpaired) electrons. The predicted octanol–water partition coefficient (Wildman–Crippen LogP) is 4.33. The summed E-state index contributed by atoms with van der Waals surface area (Å²) in [4.78, 5) is 34.2. The zero-order valence-electron chi connectivity index (χ0n) is 16.2. The lowest BCUT2D eigenvalue weighted by Crippen LogP contribution is -2.35. The molecule has 0 aliphatic carbocycles. The number of nitrogens with one attached hydrogen (secondary N) is 1. The number of hydrogen-bond acceptors (Lipinski definition) is 4. The number of amides is 1. The lowest BCUT2D eigenvalue weighted by molar-refractivity contribution is -0.144. The summed E-state index contributed by atoms with van der Waals surface area (Å²) in [5, 5.41) is 2.30. The average molecular weight is 356 g/mol. The van der Waals surface area contributed by atoms with Gasteiger partial charge in [-0.25, -0.2) is 0 Å². The SMILES string of the molecule is CCCCCCCCCCCCCCC(=O)C(=O)NCC(=O)OCC. The molecule has 5 nitrogen and oxygen atoms in total. The number of unbranched alkanes of at least 4 members (excludes halogenated alkanes) is 11. The minimum Gasteiger partial charge on any atom is -0.465 e. The van der Waals surface area contributed by atoms with E-state index in [1.54, 1.807) is 6.92 Å². The first-order valence-electron chi connectivity index (χ1n) is 10.1. The molecule has 0 rings (SSSR count). The maximum atomic E-state index is 11.6. The van der Waals surface area contributed by atoms with Crippen LogP contribution in [0, 0.1) is 0 Å². The van der Waals surface area contributed by atoms with Crippen LogP contribution in [-0.2, 0) is 19.1 Å². The summed E-state index contributed by atoms with van der Waals surface area (Å²) in [6.45, 7) is 3.96. The van der Waals surface area contributed by atoms with Gasteiger partial charge in [-0.2, -0.15) is 0 Å². The molecule has 0 atom stereocenters. The monoisotopic (exact) mass is 355 g/mol. The maximum absolute atomic E-state index is 11.6. The number of carbonyl (C=O) groups is 3. The molecule has 0 aromatic rings. The molecule has 146 valence electrons. The van der Waals surface area contributed by atoms with Crippen LogP contribution in [0.4, 0.5) is 0 Å². The predicted molar refractivity (Wildman–Crippen MR) is 100 cm³/mol. The molecule has 0 aromatic carbocycles. The van der Waals surface area contributed by atoms with Gasteiger partial charge in [-0.1, -0.05) is 77.6 Å². The number of ketones is 1. The average Bonchev–Trinajstić information content (AvgIpc) is 2.60. The molecule has 25 heavy (non-hydrogen) atoms. The molecular weight excluding hydrogens is 318 g/mol. The maximum Gasteiger partial charge on any atom is 0.325 e. The zero-order chi connectivity index (χ0) is 18.8. The van der Waals surface area contributed by atoms with Crippen molar-refractivity contribution in [3.8, 4) is 0 Å². The molecule has 0 saturated heterocycles. The first kappa shape index (κ1) is 23.6. The van der Waals surface area contributed by atoms with Crippen molar-refractivity contribution in [1.82, 2.24) is 5.32 Å². The Morgan fingerprint density at radius 1 is 0.720 bits per heavy atom. The second kappa shape index (κ2) is 17.4. The van der Waals surface area contributed by atoms with Crippen molar-refractivity contribution in [2.45, 2.75) is 97.3 Å². The standard InChI is InChI=1S/C20H37NO4/c1-3-5-6-7-8-9-10-11-12-13-14-15-16-18(22)20(24)21-17-19(23)25-4-2/h3-17H2,1-2H3,(H,21,24). The summed E-state index contributed by atoms with van der Waals surface area (Å²) in [5.41, 5.74) is 0. The van der Waals surface area contributed by atoms with E-state index in [1.165, 1.54) is 57.8 Å². The largest absolute Gasteiger partial charge is 0.465 e. The molecule has 1 N–H and O–H groups in total. The van der Waals surface area contributed by atoms with Crippen LogP contribution >= 0.6 is 0 Å². The summed E-state index contributed by atoms with van der Waals surface area (Å²) in [5.74, 6) is -1.65. The van der Waals surface area contributed by atoms with Crippen LogP contribution in [0.1, 0.15) is 97.3 Å². The number of rotatable bonds is 17. The van der Waals surface area contributed by atoms with Crippen molar-refractivity contribution in [2.24, 2.45) is 0 Å². The van der Waals surface area contributed by atoms with E-state index in [4.69, 9.17) is 0 Å². The van der Waals surface area contributed by atoms with E-state index in [2.05, 4.69) is 17.0 Å². The van der Waals surface area contributed by atoms with Crippen molar-refractivity contribution in [1.29, 1.82) is 0 Å². The molecule has 0 bridgehead atoms. The Morgan fingerprint density at radius 2 is 1.20 bits per heavy atom. The third-order valence-corrected chi connectivity index (χ3v) is 4.21. The molecule has 0 heterocycles. The molecule has 0 saturated carbocycles. The van der Waals surface area contributed by atoms with Crippen LogP contribution in [0.3, 0.4) is 0 Å². The second-order valence-electron chi connectivity index (χ2n) is 6.55. The fourth-order valence-electron chi connectivity index (χ4n) is 2.70. The van der Waals surface area contributed by atoms with Gasteiger partial charge < -0.3 is 10.1 Å². The number of esters is 1. The van der Waals surface area contributed by atoms with Crippen LogP contribution in [0.15, 0.2) is 0 Å². The highest BCUT2D eigenvalue weighted by Crippen LogP contribution is 2.12. The first-order valence-corrected chi connectivity index (χ1v) is 10.1. The summed E-state index contributed by atoms with van der Waals surface area (Å²) in [7, 11) is 0. The minimum absolute atomic E-state index is 0.239. The second-order valence-corrected chi connectivity index (χ2v) is 6.55. The molecule has 5 heteroatoms. The van der Waals surface area contributed by atoms with Gasteiger partial charge in [-0.3, -0.25) is 14.4 Å². The molecule has 0 spiro atoms. The van der Waals surface area contributed by atoms with Crippen molar-refractivity contribution in [3.05, 3.63) is 0 Å². The van der Waals surface area contributed by atoms with E-state index in [-0.39, 0.29) is 19.6 Å². The van der Waals surface area contributed by atoms with Gasteiger partial charge in [0.05, 0.1) is 6.61 Å². The minimum atomic E-state index is -0.684. The summed E-state index contributed by atoms with van der Waals surface area (Å²) >= 11 is 0. The van der Waals surface area contributed by atoms with Gasteiger partial charge in [0.25, 0.3) is 5.91 Å². The van der Waals surface area contributed by atoms with Gasteiger partial charge in [0.2, 0.25) is 5.78 Å². The third kappa shape index (κ3) is 15.9. The van der Waals surface area contributed by atoms with Crippen molar-refractivity contribution in [3.63, 3.8) is 0 Å². The Hall–Kier alpha value is -1.39. The zero-order valence-corrected chi connectivity index (χ0v) is 16.2. The molecule has 0 aliphatic heterocycles. The van der Waals surface area contributed by atoms with E-state index in [0.717, 1.165) is 19.3 Å². The van der Waals surface area contributed by atoms with E-state index in [1.807, 2.05) is 0 Å². The smallest absolute Gasteiger partial charge is 0.325 e. The van der Waals surface area contributed by atoms with Gasteiger partial charge >= 0.3 is 5.97 Å². The van der Waals surface area contributed by atoms with Crippen LogP contribution in [0.2, 0.25) is 0 Å². The Bertz CT molecular complexity index is 369. The normalized spacial score (nSPS) is 10.5. The third-order valence-electron chi connectivity index (χ3n) is 4.21. The topological polar surface area (TPSA) is 72.5 Å². The summed E-state index contributed by atoms with van der Waals surface area (Å²) in [6.07, 6.45) is 15.0. The van der Waals surface area contributed by atoms with Gasteiger partial charge in [0, 0.05) is 6.42 Å². The van der Waals surface area contributed by atoms with E-state index >= 15 is 0 Å². The van der Waals surface area contributed by atoms with Crippen LogP contribution < -0.4 is 5.32 Å². The Balaban J connectivity index is 3.39. The number of Topliss-reactive ketones (excluding diaryl/α,β-unsaturated/α-hetero) is 1. The summed E-state index contributed by atoms with van der Waals surface area (Å²) < 4.78 is 4.68. The fraction of sp³-hybridized carbons (Fsp3) is 0.850. The van der Waals surface area contributed by atoms with Crippen molar-refractivity contribution < 1.29 is 19.1 Å². The number of hydrogen-bond donors (Lipinski definition) is 1. The first-order chi connectivity index (χ1) is 12.1. The Labute approximate surface area is 153 Å². The molecule has 0 fully saturated rings. The van der Waals surface area contributed by atoms with Crippen molar-refractivity contribution >= 4 is 17.7 Å². The van der Waals surface area contributed by atoms with Gasteiger partial charge in [-0.05, 0) is 13.3 Å². The lowest BCUT2D eigenvalue weighted by Gasteiger charge is -2.05. The highest BCUT2D eigenvalue weighted by molar-refractivity contribution is 6.36. The number of ether oxygens (including phenoxy) is 1. The van der Waals surface area contributed by atoms with Crippen molar-refractivity contribution in [2.75, 3.05) is 13.2 Å². The quantitative estimate of drug-likeness (QED) is 0.239. The van der Waals surface area contributed by atoms with Crippen LogP contribution in [0.25, 0.3) is 0 Å². The fourth-order valence-corrected chi connectivity index (χ4v) is 2.70. The van der Waals surface area contributed by atoms with Crippen LogP contribution in [0.5, 0.6) is 0 Å². The van der Waals surface area contributed by atoms with Gasteiger partial charge in [0.15, 0.2) is 0 Å². The molecule has 0 aromatic heterocycles. The Kier molecular flexibility index (Phi) is 16.5. The molecular formula is C20H37NO4.